The lowest BCUT2D eigenvalue weighted by atomic mass is 10.0. The molecule has 2 aromatic carbocycles. The molecule has 32 heavy (non-hydrogen) atoms. The van der Waals surface area contributed by atoms with Crippen LogP contribution in [0, 0.1) is 12.3 Å². The summed E-state index contributed by atoms with van der Waals surface area (Å²) in [4.78, 5) is 26.0. The third-order valence-electron chi connectivity index (χ3n) is 4.73. The molecule has 0 radical (unpaired) electrons. The van der Waals surface area contributed by atoms with Crippen LogP contribution < -0.4 is 16.4 Å². The highest BCUT2D eigenvalue weighted by molar-refractivity contribution is 7.15. The Labute approximate surface area is 191 Å². The third kappa shape index (κ3) is 5.19. The summed E-state index contributed by atoms with van der Waals surface area (Å²) in [6, 6.07) is 12.1. The third-order valence-corrected chi connectivity index (χ3v) is 5.83. The normalized spacial score (nSPS) is 10.7. The first kappa shape index (κ1) is 22.7. The minimum Gasteiger partial charge on any atom is -0.398 e. The first-order chi connectivity index (χ1) is 15.3. The van der Waals surface area contributed by atoms with Crippen LogP contribution in [0.1, 0.15) is 33.3 Å². The number of nitrogen functional groups attached to an aromatic ring is 1. The van der Waals surface area contributed by atoms with Crippen LogP contribution in [0.2, 0.25) is 0 Å². The van der Waals surface area contributed by atoms with Gasteiger partial charge in [0.15, 0.2) is 0 Å². The quantitative estimate of drug-likeness (QED) is 0.213. The minimum atomic E-state index is -0.303. The van der Waals surface area contributed by atoms with Gasteiger partial charge in [-0.2, -0.15) is 0 Å². The Morgan fingerprint density at radius 2 is 1.78 bits per heavy atom. The van der Waals surface area contributed by atoms with Crippen molar-refractivity contribution < 1.29 is 9.59 Å². The second-order valence-electron chi connectivity index (χ2n) is 7.10. The van der Waals surface area contributed by atoms with E-state index < -0.39 is 0 Å². The maximum atomic E-state index is 12.8. The fraction of sp³-hybridized carbons (Fsp3) is 0.0800. The van der Waals surface area contributed by atoms with Crippen molar-refractivity contribution in [2.24, 2.45) is 0 Å². The molecule has 0 aliphatic rings. The van der Waals surface area contributed by atoms with Gasteiger partial charge in [-0.3, -0.25) is 9.59 Å². The first-order valence-electron chi connectivity index (χ1n) is 9.85. The van der Waals surface area contributed by atoms with E-state index in [0.29, 0.717) is 28.2 Å². The van der Waals surface area contributed by atoms with E-state index in [4.69, 9.17) is 11.1 Å². The van der Waals surface area contributed by atoms with Gasteiger partial charge in [0.25, 0.3) is 5.91 Å². The minimum absolute atomic E-state index is 0.178. The van der Waals surface area contributed by atoms with Gasteiger partial charge in [0.2, 0.25) is 5.91 Å². The van der Waals surface area contributed by atoms with Crippen molar-refractivity contribution >= 4 is 52.5 Å². The molecule has 0 aliphatic heterocycles. The van der Waals surface area contributed by atoms with Gasteiger partial charge in [0.1, 0.15) is 0 Å². The van der Waals surface area contributed by atoms with Gasteiger partial charge in [-0.15, -0.1) is 11.3 Å². The predicted molar refractivity (Wildman–Crippen MR) is 135 cm³/mol. The lowest BCUT2D eigenvalue weighted by Crippen LogP contribution is -2.13. The van der Waals surface area contributed by atoms with E-state index in [1.54, 1.807) is 47.7 Å². The van der Waals surface area contributed by atoms with Gasteiger partial charge in [-0.05, 0) is 55.0 Å². The molecule has 0 bridgehead atoms. The van der Waals surface area contributed by atoms with E-state index in [1.807, 2.05) is 31.2 Å². The molecule has 0 spiro atoms. The molecule has 2 amide bonds. The number of nitrogens with one attached hydrogen (secondary N) is 3. The van der Waals surface area contributed by atoms with Gasteiger partial charge in [0, 0.05) is 56.6 Å². The molecular formula is C25H24N4O2S. The number of benzene rings is 2. The smallest absolute Gasteiger partial charge is 0.255 e. The van der Waals surface area contributed by atoms with E-state index in [9.17, 15) is 9.59 Å². The Hall–Kier alpha value is -3.97. The van der Waals surface area contributed by atoms with Crippen LogP contribution in [0.15, 0.2) is 61.2 Å². The van der Waals surface area contributed by atoms with Crippen molar-refractivity contribution in [1.82, 2.24) is 0 Å². The lowest BCUT2D eigenvalue weighted by molar-refractivity contribution is -0.114. The number of allylic oxidation sites excluding steroid dienone is 2. The van der Waals surface area contributed by atoms with Crippen molar-refractivity contribution in [2.45, 2.75) is 13.8 Å². The summed E-state index contributed by atoms with van der Waals surface area (Å²) in [7, 11) is 0. The molecule has 6 nitrogen and oxygen atoms in total. The van der Waals surface area contributed by atoms with Crippen molar-refractivity contribution in [2.75, 3.05) is 16.4 Å². The van der Waals surface area contributed by atoms with E-state index in [0.717, 1.165) is 20.9 Å². The lowest BCUT2D eigenvalue weighted by Gasteiger charge is -2.12. The van der Waals surface area contributed by atoms with Gasteiger partial charge in [0.05, 0.1) is 0 Å². The van der Waals surface area contributed by atoms with Gasteiger partial charge in [-0.1, -0.05) is 24.8 Å². The van der Waals surface area contributed by atoms with Crippen LogP contribution >= 0.6 is 11.3 Å². The Morgan fingerprint density at radius 3 is 2.41 bits per heavy atom. The first-order valence-corrected chi connectivity index (χ1v) is 10.7. The Morgan fingerprint density at radius 1 is 1.06 bits per heavy atom. The standard InChI is InChI=1S/C25H24N4O2S/c1-4-5-6-18-12-23(32-15(18)2)22-13-21(11-19(14-26)24(22)27)29-25(31)17-7-9-20(10-8-17)28-16(3)30/h4-14,26H,1,27H2,2-3H3,(H,28,30)(H,29,31)/b6-5-,26-14?. The monoisotopic (exact) mass is 444 g/mol. The zero-order valence-corrected chi connectivity index (χ0v) is 18.7. The number of carbonyl (C=O) groups excluding carboxylic acids is 2. The van der Waals surface area contributed by atoms with Crippen LogP contribution in [-0.4, -0.2) is 18.0 Å². The fourth-order valence-corrected chi connectivity index (χ4v) is 4.19. The average molecular weight is 445 g/mol. The molecule has 3 aromatic rings. The molecular weight excluding hydrogens is 420 g/mol. The molecule has 5 N–H and O–H groups in total. The highest BCUT2D eigenvalue weighted by atomic mass is 32.1. The second-order valence-corrected chi connectivity index (χ2v) is 8.36. The Balaban J connectivity index is 1.92. The zero-order chi connectivity index (χ0) is 23.3. The zero-order valence-electron chi connectivity index (χ0n) is 17.9. The number of rotatable bonds is 7. The maximum absolute atomic E-state index is 12.8. The average Bonchev–Trinajstić information content (AvgIpc) is 3.13. The number of hydrogen-bond acceptors (Lipinski definition) is 5. The molecule has 7 heteroatoms. The van der Waals surface area contributed by atoms with Crippen LogP contribution in [-0.2, 0) is 4.79 Å². The molecule has 0 saturated carbocycles. The van der Waals surface area contributed by atoms with Crippen LogP contribution in [0.25, 0.3) is 16.5 Å². The van der Waals surface area contributed by atoms with Crippen LogP contribution in [0.4, 0.5) is 17.1 Å². The summed E-state index contributed by atoms with van der Waals surface area (Å²) in [5, 5.41) is 13.3. The largest absolute Gasteiger partial charge is 0.398 e. The number of thiophene rings is 1. The molecule has 1 aromatic heterocycles. The Kier molecular flexibility index (Phi) is 7.02. The number of nitrogens with two attached hydrogens (primary N) is 1. The molecule has 0 aliphatic carbocycles. The van der Waals surface area contributed by atoms with E-state index in [2.05, 4.69) is 17.2 Å². The summed E-state index contributed by atoms with van der Waals surface area (Å²) in [6.07, 6.45) is 6.75. The van der Waals surface area contributed by atoms with E-state index >= 15 is 0 Å². The number of hydrogen-bond donors (Lipinski definition) is 4. The summed E-state index contributed by atoms with van der Waals surface area (Å²) in [6.45, 7) is 7.15. The predicted octanol–water partition coefficient (Wildman–Crippen LogP) is 5.71. The summed E-state index contributed by atoms with van der Waals surface area (Å²) in [5.74, 6) is -0.481. The Bertz CT molecular complexity index is 1220. The molecule has 0 unspecified atom stereocenters. The molecule has 3 rings (SSSR count). The highest BCUT2D eigenvalue weighted by Crippen LogP contribution is 2.38. The highest BCUT2D eigenvalue weighted by Gasteiger charge is 2.14. The van der Waals surface area contributed by atoms with Crippen LogP contribution in [0.3, 0.4) is 0 Å². The molecule has 0 fully saturated rings. The number of carbonyl (C=O) groups is 2. The van der Waals surface area contributed by atoms with Crippen molar-refractivity contribution in [1.29, 1.82) is 5.41 Å². The summed E-state index contributed by atoms with van der Waals surface area (Å²) < 4.78 is 0. The van der Waals surface area contributed by atoms with Crippen molar-refractivity contribution in [3.05, 3.63) is 82.8 Å². The number of aryl methyl sites for hydroxylation is 1. The topological polar surface area (TPSA) is 108 Å². The summed E-state index contributed by atoms with van der Waals surface area (Å²) >= 11 is 1.59. The van der Waals surface area contributed by atoms with Gasteiger partial charge < -0.3 is 21.8 Å². The van der Waals surface area contributed by atoms with Crippen molar-refractivity contribution in [3.8, 4) is 10.4 Å². The number of anilines is 3. The van der Waals surface area contributed by atoms with Gasteiger partial charge >= 0.3 is 0 Å². The molecule has 0 atom stereocenters. The number of amides is 2. The summed E-state index contributed by atoms with van der Waals surface area (Å²) in [5.41, 5.74) is 10.8. The molecule has 162 valence electrons. The van der Waals surface area contributed by atoms with Crippen molar-refractivity contribution in [3.63, 3.8) is 0 Å². The SMILES string of the molecule is C=C/C=C\c1cc(-c2cc(NC(=O)c3ccc(NC(C)=O)cc3)cc(C=N)c2N)sc1C. The van der Waals surface area contributed by atoms with Gasteiger partial charge in [-0.25, -0.2) is 0 Å². The maximum Gasteiger partial charge on any atom is 0.255 e. The fourth-order valence-electron chi connectivity index (χ4n) is 3.15. The van der Waals surface area contributed by atoms with Crippen LogP contribution in [0.5, 0.6) is 0 Å². The molecule has 0 saturated heterocycles. The second kappa shape index (κ2) is 9.89. The van der Waals surface area contributed by atoms with E-state index in [1.165, 1.54) is 13.1 Å². The molecule has 1 heterocycles. The van der Waals surface area contributed by atoms with E-state index in [-0.39, 0.29) is 11.8 Å².